The average molecular weight is 348 g/mol. The van der Waals surface area contributed by atoms with Crippen LogP contribution in [0.15, 0.2) is 48.5 Å². The topological polar surface area (TPSA) is 38.7 Å². The summed E-state index contributed by atoms with van der Waals surface area (Å²) in [6.07, 6.45) is 0. The van der Waals surface area contributed by atoms with Crippen molar-refractivity contribution in [1.29, 1.82) is 0 Å². The van der Waals surface area contributed by atoms with Crippen molar-refractivity contribution < 1.29 is 5.11 Å². The lowest BCUT2D eigenvalue weighted by Gasteiger charge is -2.37. The Kier molecular flexibility index (Phi) is 4.88. The molecular weight excluding hydrogens is 330 g/mol. The maximum Gasteiger partial charge on any atom is 0.173 e. The number of halogens is 1. The molecule has 2 aromatic rings. The van der Waals surface area contributed by atoms with Crippen LogP contribution in [0.4, 0.5) is 11.4 Å². The molecule has 1 aliphatic heterocycles. The Hall–Kier alpha value is -1.98. The first-order chi connectivity index (χ1) is 11.1. The van der Waals surface area contributed by atoms with Gasteiger partial charge in [0.25, 0.3) is 0 Å². The van der Waals surface area contributed by atoms with Crippen molar-refractivity contribution in [2.24, 2.45) is 0 Å². The van der Waals surface area contributed by atoms with E-state index in [4.69, 9.17) is 23.8 Å². The molecule has 0 atom stereocenters. The van der Waals surface area contributed by atoms with Crippen molar-refractivity contribution in [3.63, 3.8) is 0 Å². The van der Waals surface area contributed by atoms with Crippen LogP contribution in [0.25, 0.3) is 0 Å². The van der Waals surface area contributed by atoms with Gasteiger partial charge in [0.1, 0.15) is 5.75 Å². The lowest BCUT2D eigenvalue weighted by molar-refractivity contribution is 0.391. The first-order valence-electron chi connectivity index (χ1n) is 7.48. The van der Waals surface area contributed by atoms with Gasteiger partial charge in [0.05, 0.1) is 10.7 Å². The van der Waals surface area contributed by atoms with Crippen LogP contribution in [-0.4, -0.2) is 41.3 Å². The Labute approximate surface area is 146 Å². The maximum absolute atomic E-state index is 9.37. The number of aromatic hydroxyl groups is 1. The van der Waals surface area contributed by atoms with Crippen LogP contribution in [0.2, 0.25) is 5.02 Å². The number of hydrogen-bond donors (Lipinski definition) is 2. The van der Waals surface area contributed by atoms with Gasteiger partial charge >= 0.3 is 0 Å². The van der Waals surface area contributed by atoms with Crippen LogP contribution in [0, 0.1) is 0 Å². The highest BCUT2D eigenvalue weighted by Crippen LogP contribution is 2.22. The Bertz CT molecular complexity index is 684. The highest BCUT2D eigenvalue weighted by molar-refractivity contribution is 7.80. The molecule has 120 valence electrons. The molecule has 0 aromatic heterocycles. The van der Waals surface area contributed by atoms with Gasteiger partial charge in [0, 0.05) is 31.9 Å². The molecule has 1 aliphatic rings. The van der Waals surface area contributed by atoms with E-state index in [0.29, 0.717) is 10.1 Å². The normalized spacial score (nSPS) is 14.7. The number of anilines is 2. The third kappa shape index (κ3) is 3.86. The van der Waals surface area contributed by atoms with E-state index in [9.17, 15) is 5.11 Å². The zero-order valence-electron chi connectivity index (χ0n) is 12.6. The number of para-hydroxylation sites is 1. The van der Waals surface area contributed by atoms with Crippen LogP contribution in [0.3, 0.4) is 0 Å². The van der Waals surface area contributed by atoms with Crippen molar-refractivity contribution in [1.82, 2.24) is 4.90 Å². The molecule has 0 unspecified atom stereocenters. The molecule has 23 heavy (non-hydrogen) atoms. The molecule has 6 heteroatoms. The third-order valence-electron chi connectivity index (χ3n) is 3.90. The minimum absolute atomic E-state index is 0.289. The number of phenolic OH excluding ortho intramolecular Hbond substituents is 1. The Balaban J connectivity index is 1.57. The van der Waals surface area contributed by atoms with Crippen LogP contribution >= 0.6 is 23.8 Å². The van der Waals surface area contributed by atoms with Crippen molar-refractivity contribution in [3.05, 3.63) is 53.6 Å². The third-order valence-corrected chi connectivity index (χ3v) is 4.59. The second-order valence-corrected chi connectivity index (χ2v) is 6.19. The van der Waals surface area contributed by atoms with Gasteiger partial charge in [-0.25, -0.2) is 0 Å². The standard InChI is InChI=1S/C17H18ClN3OS/c18-15-3-1-2-4-16(15)19-17(23)21-11-9-20(10-12-21)13-5-7-14(22)8-6-13/h1-8,22H,9-12H2,(H,19,23). The van der Waals surface area contributed by atoms with Crippen LogP contribution < -0.4 is 10.2 Å². The molecule has 0 spiro atoms. The Morgan fingerprint density at radius 2 is 1.65 bits per heavy atom. The smallest absolute Gasteiger partial charge is 0.173 e. The number of rotatable bonds is 2. The van der Waals surface area contributed by atoms with E-state index in [1.54, 1.807) is 12.1 Å². The lowest BCUT2D eigenvalue weighted by Crippen LogP contribution is -2.50. The summed E-state index contributed by atoms with van der Waals surface area (Å²) >= 11 is 11.6. The molecular formula is C17H18ClN3OS. The molecule has 2 aromatic carbocycles. The number of phenols is 1. The molecule has 1 heterocycles. The molecule has 1 saturated heterocycles. The number of hydrogen-bond acceptors (Lipinski definition) is 3. The zero-order chi connectivity index (χ0) is 16.2. The first kappa shape index (κ1) is 15.9. The number of benzene rings is 2. The monoisotopic (exact) mass is 347 g/mol. The molecule has 3 rings (SSSR count). The predicted molar refractivity (Wildman–Crippen MR) is 99.6 cm³/mol. The number of nitrogens with zero attached hydrogens (tertiary/aromatic N) is 2. The lowest BCUT2D eigenvalue weighted by atomic mass is 10.2. The molecule has 0 saturated carbocycles. The summed E-state index contributed by atoms with van der Waals surface area (Å²) < 4.78 is 0. The van der Waals surface area contributed by atoms with E-state index in [1.807, 2.05) is 36.4 Å². The van der Waals surface area contributed by atoms with Gasteiger partial charge in [-0.15, -0.1) is 0 Å². The first-order valence-corrected chi connectivity index (χ1v) is 8.26. The fourth-order valence-electron chi connectivity index (χ4n) is 2.59. The molecule has 1 fully saturated rings. The van der Waals surface area contributed by atoms with Crippen molar-refractivity contribution in [2.45, 2.75) is 0 Å². The van der Waals surface area contributed by atoms with E-state index in [2.05, 4.69) is 15.1 Å². The molecule has 0 aliphatic carbocycles. The van der Waals surface area contributed by atoms with Gasteiger partial charge in [0.15, 0.2) is 5.11 Å². The van der Waals surface area contributed by atoms with Gasteiger partial charge < -0.3 is 20.2 Å². The highest BCUT2D eigenvalue weighted by Gasteiger charge is 2.19. The fraction of sp³-hybridized carbons (Fsp3) is 0.235. The largest absolute Gasteiger partial charge is 0.508 e. The summed E-state index contributed by atoms with van der Waals surface area (Å²) in [6.45, 7) is 3.46. The zero-order valence-corrected chi connectivity index (χ0v) is 14.1. The number of thiocarbonyl (C=S) groups is 1. The Morgan fingerprint density at radius 1 is 1.00 bits per heavy atom. The summed E-state index contributed by atoms with van der Waals surface area (Å²) in [5.41, 5.74) is 1.95. The van der Waals surface area contributed by atoms with Gasteiger partial charge in [0.2, 0.25) is 0 Å². The second kappa shape index (κ2) is 7.06. The van der Waals surface area contributed by atoms with E-state index >= 15 is 0 Å². The van der Waals surface area contributed by atoms with Gasteiger partial charge in [-0.1, -0.05) is 23.7 Å². The summed E-state index contributed by atoms with van der Waals surface area (Å²) in [7, 11) is 0. The fourth-order valence-corrected chi connectivity index (χ4v) is 3.06. The second-order valence-electron chi connectivity index (χ2n) is 5.40. The molecule has 4 nitrogen and oxygen atoms in total. The minimum Gasteiger partial charge on any atom is -0.508 e. The minimum atomic E-state index is 0.289. The Morgan fingerprint density at radius 3 is 2.30 bits per heavy atom. The number of piperazine rings is 1. The quantitative estimate of drug-likeness (QED) is 0.813. The average Bonchev–Trinajstić information content (AvgIpc) is 2.58. The number of nitrogens with one attached hydrogen (secondary N) is 1. The molecule has 0 amide bonds. The van der Waals surface area contributed by atoms with E-state index in [-0.39, 0.29) is 5.75 Å². The van der Waals surface area contributed by atoms with E-state index < -0.39 is 0 Å². The summed E-state index contributed by atoms with van der Waals surface area (Å²) in [5, 5.41) is 13.9. The molecule has 0 bridgehead atoms. The van der Waals surface area contributed by atoms with Crippen LogP contribution in [0.1, 0.15) is 0 Å². The SMILES string of the molecule is Oc1ccc(N2CCN(C(=S)Nc3ccccc3Cl)CC2)cc1. The predicted octanol–water partition coefficient (Wildman–Crippen LogP) is 3.56. The maximum atomic E-state index is 9.37. The van der Waals surface area contributed by atoms with E-state index in [0.717, 1.165) is 37.6 Å². The summed E-state index contributed by atoms with van der Waals surface area (Å²) in [6, 6.07) is 14.9. The van der Waals surface area contributed by atoms with Crippen LogP contribution in [-0.2, 0) is 0 Å². The van der Waals surface area contributed by atoms with Crippen LogP contribution in [0.5, 0.6) is 5.75 Å². The van der Waals surface area contributed by atoms with Crippen molar-refractivity contribution in [2.75, 3.05) is 36.4 Å². The van der Waals surface area contributed by atoms with Gasteiger partial charge in [-0.2, -0.15) is 0 Å². The van der Waals surface area contributed by atoms with Gasteiger partial charge in [-0.3, -0.25) is 0 Å². The summed E-state index contributed by atoms with van der Waals surface area (Å²) in [5.74, 6) is 0.289. The van der Waals surface area contributed by atoms with Crippen molar-refractivity contribution >= 4 is 40.3 Å². The summed E-state index contributed by atoms with van der Waals surface area (Å²) in [4.78, 5) is 4.43. The van der Waals surface area contributed by atoms with Crippen molar-refractivity contribution in [3.8, 4) is 5.75 Å². The molecule has 2 N–H and O–H groups in total. The highest BCUT2D eigenvalue weighted by atomic mass is 35.5. The molecule has 0 radical (unpaired) electrons. The van der Waals surface area contributed by atoms with Gasteiger partial charge in [-0.05, 0) is 48.6 Å². The van der Waals surface area contributed by atoms with E-state index in [1.165, 1.54) is 0 Å².